The van der Waals surface area contributed by atoms with E-state index in [-0.39, 0.29) is 5.92 Å². The van der Waals surface area contributed by atoms with Crippen LogP contribution in [0.4, 0.5) is 0 Å². The molecular formula is C15H20ClNO2. The summed E-state index contributed by atoms with van der Waals surface area (Å²) in [6, 6.07) is 5.89. The van der Waals surface area contributed by atoms with E-state index in [1.165, 1.54) is 5.56 Å². The molecule has 1 aliphatic rings. The van der Waals surface area contributed by atoms with Gasteiger partial charge in [0.2, 0.25) is 0 Å². The highest BCUT2D eigenvalue weighted by atomic mass is 35.5. The van der Waals surface area contributed by atoms with E-state index >= 15 is 0 Å². The highest BCUT2D eigenvalue weighted by Crippen LogP contribution is 2.24. The summed E-state index contributed by atoms with van der Waals surface area (Å²) in [6.45, 7) is 6.57. The number of halogens is 1. The van der Waals surface area contributed by atoms with Gasteiger partial charge in [-0.15, -0.1) is 0 Å². The predicted molar refractivity (Wildman–Crippen MR) is 76.4 cm³/mol. The van der Waals surface area contributed by atoms with Crippen molar-refractivity contribution in [1.29, 1.82) is 0 Å². The number of rotatable bonds is 3. The molecule has 3 nitrogen and oxygen atoms in total. The monoisotopic (exact) mass is 281 g/mol. The van der Waals surface area contributed by atoms with Crippen LogP contribution in [0.15, 0.2) is 18.2 Å². The summed E-state index contributed by atoms with van der Waals surface area (Å²) in [5.41, 5.74) is 2.39. The average Bonchev–Trinajstić information content (AvgIpc) is 2.32. The van der Waals surface area contributed by atoms with Crippen molar-refractivity contribution in [2.45, 2.75) is 26.8 Å². The van der Waals surface area contributed by atoms with Crippen LogP contribution in [0.2, 0.25) is 5.02 Å². The van der Waals surface area contributed by atoms with Crippen molar-refractivity contribution in [2.24, 2.45) is 11.8 Å². The maximum atomic E-state index is 11.2. The number of aryl methyl sites for hydroxylation is 1. The Balaban J connectivity index is 2.07. The second-order valence-electron chi connectivity index (χ2n) is 5.64. The number of carboxylic acid groups (broad SMARTS) is 1. The molecule has 1 aromatic carbocycles. The van der Waals surface area contributed by atoms with E-state index in [1.54, 1.807) is 0 Å². The van der Waals surface area contributed by atoms with Crippen LogP contribution in [0.3, 0.4) is 0 Å². The van der Waals surface area contributed by atoms with Crippen molar-refractivity contribution in [1.82, 2.24) is 4.90 Å². The van der Waals surface area contributed by atoms with Gasteiger partial charge < -0.3 is 5.11 Å². The molecule has 0 amide bonds. The molecule has 0 radical (unpaired) electrons. The van der Waals surface area contributed by atoms with Crippen molar-refractivity contribution in [3.63, 3.8) is 0 Å². The van der Waals surface area contributed by atoms with Crippen molar-refractivity contribution >= 4 is 17.6 Å². The van der Waals surface area contributed by atoms with Gasteiger partial charge in [0, 0.05) is 24.7 Å². The number of aliphatic carboxylic acids is 1. The number of hydrogen-bond donors (Lipinski definition) is 1. The maximum Gasteiger partial charge on any atom is 0.307 e. The van der Waals surface area contributed by atoms with Crippen LogP contribution in [0, 0.1) is 18.8 Å². The normalized spacial score (nSPS) is 24.4. The van der Waals surface area contributed by atoms with Crippen LogP contribution in [-0.4, -0.2) is 29.1 Å². The molecule has 2 atom stereocenters. The minimum atomic E-state index is -0.677. The molecule has 1 fully saturated rings. The Morgan fingerprint density at radius 1 is 1.47 bits per heavy atom. The lowest BCUT2D eigenvalue weighted by Crippen LogP contribution is -2.42. The first kappa shape index (κ1) is 14.4. The molecule has 0 aromatic heterocycles. The number of nitrogens with zero attached hydrogens (tertiary/aromatic N) is 1. The van der Waals surface area contributed by atoms with E-state index in [1.807, 2.05) is 25.1 Å². The molecule has 2 unspecified atom stereocenters. The first-order valence-electron chi connectivity index (χ1n) is 6.66. The number of piperidine rings is 1. The minimum Gasteiger partial charge on any atom is -0.481 e. The van der Waals surface area contributed by atoms with Crippen LogP contribution >= 0.6 is 11.6 Å². The third-order valence-corrected chi connectivity index (χ3v) is 4.02. The Bertz CT molecular complexity index is 475. The van der Waals surface area contributed by atoms with Crippen LogP contribution in [-0.2, 0) is 11.3 Å². The number of carbonyl (C=O) groups is 1. The molecule has 104 valence electrons. The van der Waals surface area contributed by atoms with Crippen LogP contribution in [0.25, 0.3) is 0 Å². The lowest BCUT2D eigenvalue weighted by atomic mass is 9.90. The molecule has 4 heteroatoms. The molecule has 0 saturated carbocycles. The quantitative estimate of drug-likeness (QED) is 0.925. The summed E-state index contributed by atoms with van der Waals surface area (Å²) in [4.78, 5) is 13.4. The minimum absolute atomic E-state index is 0.239. The van der Waals surface area contributed by atoms with E-state index in [0.29, 0.717) is 12.5 Å². The van der Waals surface area contributed by atoms with Gasteiger partial charge in [0.25, 0.3) is 0 Å². The first-order chi connectivity index (χ1) is 8.95. The van der Waals surface area contributed by atoms with Crippen molar-refractivity contribution < 1.29 is 9.90 Å². The number of benzene rings is 1. The zero-order valence-corrected chi connectivity index (χ0v) is 12.2. The molecule has 0 bridgehead atoms. The molecular weight excluding hydrogens is 262 g/mol. The third-order valence-electron chi connectivity index (χ3n) is 3.78. The fourth-order valence-corrected chi connectivity index (χ4v) is 3.07. The van der Waals surface area contributed by atoms with E-state index in [0.717, 1.165) is 30.1 Å². The highest BCUT2D eigenvalue weighted by Gasteiger charge is 2.29. The Kier molecular flexibility index (Phi) is 4.48. The van der Waals surface area contributed by atoms with E-state index in [4.69, 9.17) is 11.6 Å². The first-order valence-corrected chi connectivity index (χ1v) is 7.03. The highest BCUT2D eigenvalue weighted by molar-refractivity contribution is 6.30. The van der Waals surface area contributed by atoms with Gasteiger partial charge in [0.1, 0.15) is 0 Å². The van der Waals surface area contributed by atoms with Crippen LogP contribution in [0.1, 0.15) is 24.5 Å². The van der Waals surface area contributed by atoms with Crippen molar-refractivity contribution in [3.05, 3.63) is 34.3 Å². The number of likely N-dealkylation sites (tertiary alicyclic amines) is 1. The van der Waals surface area contributed by atoms with Crippen molar-refractivity contribution in [2.75, 3.05) is 13.1 Å². The largest absolute Gasteiger partial charge is 0.481 e. The van der Waals surface area contributed by atoms with Crippen LogP contribution < -0.4 is 0 Å². The van der Waals surface area contributed by atoms with E-state index in [9.17, 15) is 9.90 Å². The van der Waals surface area contributed by atoms with Gasteiger partial charge in [-0.25, -0.2) is 0 Å². The van der Waals surface area contributed by atoms with E-state index < -0.39 is 5.97 Å². The molecule has 1 N–H and O–H groups in total. The smallest absolute Gasteiger partial charge is 0.307 e. The molecule has 1 aliphatic heterocycles. The molecule has 19 heavy (non-hydrogen) atoms. The summed E-state index contributed by atoms with van der Waals surface area (Å²) in [5, 5.41) is 9.93. The Labute approximate surface area is 119 Å². The van der Waals surface area contributed by atoms with Gasteiger partial charge in [-0.05, 0) is 42.5 Å². The van der Waals surface area contributed by atoms with Gasteiger partial charge in [-0.2, -0.15) is 0 Å². The topological polar surface area (TPSA) is 40.5 Å². The SMILES string of the molecule is Cc1cc(Cl)ccc1CN1CC(C)CC(C(=O)O)C1. The summed E-state index contributed by atoms with van der Waals surface area (Å²) in [6.07, 6.45) is 0.783. The van der Waals surface area contributed by atoms with Gasteiger partial charge in [0.05, 0.1) is 5.92 Å². The number of hydrogen-bond acceptors (Lipinski definition) is 2. The van der Waals surface area contributed by atoms with Gasteiger partial charge in [0.15, 0.2) is 0 Å². The van der Waals surface area contributed by atoms with Crippen LogP contribution in [0.5, 0.6) is 0 Å². The lowest BCUT2D eigenvalue weighted by molar-refractivity contribution is -0.144. The fraction of sp³-hybridized carbons (Fsp3) is 0.533. The Morgan fingerprint density at radius 3 is 2.84 bits per heavy atom. The standard InChI is InChI=1S/C15H20ClNO2/c1-10-5-13(15(18)19)9-17(7-10)8-12-3-4-14(16)6-11(12)2/h3-4,6,10,13H,5,7-9H2,1-2H3,(H,18,19). The summed E-state index contributed by atoms with van der Waals surface area (Å²) >= 11 is 5.96. The summed E-state index contributed by atoms with van der Waals surface area (Å²) in [5.74, 6) is -0.483. The predicted octanol–water partition coefficient (Wildman–Crippen LogP) is 3.19. The zero-order chi connectivity index (χ0) is 14.0. The van der Waals surface area contributed by atoms with Crippen molar-refractivity contribution in [3.8, 4) is 0 Å². The number of carboxylic acids is 1. The lowest BCUT2D eigenvalue weighted by Gasteiger charge is -2.34. The maximum absolute atomic E-state index is 11.2. The van der Waals surface area contributed by atoms with Gasteiger partial charge >= 0.3 is 5.97 Å². The fourth-order valence-electron chi connectivity index (χ4n) is 2.85. The second kappa shape index (κ2) is 5.93. The third kappa shape index (κ3) is 3.71. The second-order valence-corrected chi connectivity index (χ2v) is 6.08. The Hall–Kier alpha value is -1.06. The molecule has 0 spiro atoms. The Morgan fingerprint density at radius 2 is 2.21 bits per heavy atom. The average molecular weight is 282 g/mol. The molecule has 2 rings (SSSR count). The molecule has 1 saturated heterocycles. The van der Waals surface area contributed by atoms with E-state index in [2.05, 4.69) is 11.8 Å². The molecule has 0 aliphatic carbocycles. The summed E-state index contributed by atoms with van der Waals surface area (Å²) in [7, 11) is 0. The van der Waals surface area contributed by atoms with Gasteiger partial charge in [-0.1, -0.05) is 24.6 Å². The molecule has 1 heterocycles. The summed E-state index contributed by atoms with van der Waals surface area (Å²) < 4.78 is 0. The molecule has 1 aromatic rings. The zero-order valence-electron chi connectivity index (χ0n) is 11.4. The van der Waals surface area contributed by atoms with Gasteiger partial charge in [-0.3, -0.25) is 9.69 Å².